The minimum atomic E-state index is 0.424. The Balaban J connectivity index is 2.35. The number of nitrogens with one attached hydrogen (secondary N) is 1. The molecule has 0 aliphatic heterocycles. The van der Waals surface area contributed by atoms with Crippen molar-refractivity contribution in [2.45, 2.75) is 20.3 Å². The molecule has 0 amide bonds. The molecule has 0 saturated carbocycles. The van der Waals surface area contributed by atoms with E-state index < -0.39 is 0 Å². The fourth-order valence-corrected chi connectivity index (χ4v) is 2.03. The van der Waals surface area contributed by atoms with Crippen molar-refractivity contribution in [3.05, 3.63) is 12.1 Å². The molecule has 2 aromatic rings. The fourth-order valence-electron chi connectivity index (χ4n) is 2.03. The van der Waals surface area contributed by atoms with Gasteiger partial charge in [0.15, 0.2) is 11.5 Å². The number of anilines is 2. The van der Waals surface area contributed by atoms with Crippen molar-refractivity contribution in [1.82, 2.24) is 9.97 Å². The predicted molar refractivity (Wildman–Crippen MR) is 85.0 cm³/mol. The molecule has 0 bridgehead atoms. The van der Waals surface area contributed by atoms with Crippen LogP contribution in [-0.4, -0.2) is 30.7 Å². The summed E-state index contributed by atoms with van der Waals surface area (Å²) in [4.78, 5) is 8.77. The minimum absolute atomic E-state index is 0.424. The average molecular weight is 290 g/mol. The second-order valence-corrected chi connectivity index (χ2v) is 5.27. The normalized spacial score (nSPS) is 10.9. The first-order valence-corrected chi connectivity index (χ1v) is 6.98. The molecule has 0 aliphatic carbocycles. The van der Waals surface area contributed by atoms with Crippen LogP contribution in [0.3, 0.4) is 0 Å². The Labute approximate surface area is 124 Å². The Hall–Kier alpha value is -2.24. The Morgan fingerprint density at radius 2 is 1.81 bits per heavy atom. The zero-order chi connectivity index (χ0) is 15.4. The maximum Gasteiger partial charge on any atom is 0.225 e. The first-order valence-electron chi connectivity index (χ1n) is 6.98. The van der Waals surface area contributed by atoms with E-state index in [2.05, 4.69) is 29.1 Å². The van der Waals surface area contributed by atoms with Crippen molar-refractivity contribution >= 4 is 22.7 Å². The Morgan fingerprint density at radius 3 is 2.43 bits per heavy atom. The van der Waals surface area contributed by atoms with Crippen LogP contribution in [-0.2, 0) is 0 Å². The van der Waals surface area contributed by atoms with Gasteiger partial charge in [0.1, 0.15) is 5.82 Å². The summed E-state index contributed by atoms with van der Waals surface area (Å²) in [6.45, 7) is 5.17. The van der Waals surface area contributed by atoms with Gasteiger partial charge < -0.3 is 20.5 Å². The molecule has 1 aromatic carbocycles. The zero-order valence-electron chi connectivity index (χ0n) is 12.9. The molecule has 1 aromatic heterocycles. The molecular formula is C15H22N4O2. The van der Waals surface area contributed by atoms with E-state index in [4.69, 9.17) is 15.2 Å². The summed E-state index contributed by atoms with van der Waals surface area (Å²) in [5.41, 5.74) is 6.75. The lowest BCUT2D eigenvalue weighted by Gasteiger charge is -2.12. The van der Waals surface area contributed by atoms with Gasteiger partial charge in [0.05, 0.1) is 19.7 Å². The predicted octanol–water partition coefficient (Wildman–Crippen LogP) is 2.69. The number of nitrogens with two attached hydrogens (primary N) is 1. The van der Waals surface area contributed by atoms with Crippen LogP contribution in [0.1, 0.15) is 20.3 Å². The standard InChI is InChI=1S/C15H22N4O2/c1-9(2)5-6-17-15-18-11-8-13(21-4)12(20-3)7-10(11)14(16)19-15/h7-9H,5-6H2,1-4H3,(H3,16,17,18,19). The van der Waals surface area contributed by atoms with E-state index in [9.17, 15) is 0 Å². The summed E-state index contributed by atoms with van der Waals surface area (Å²) in [6, 6.07) is 3.60. The molecule has 0 aliphatic rings. The third-order valence-electron chi connectivity index (χ3n) is 3.24. The molecule has 114 valence electrons. The molecule has 0 saturated heterocycles. The van der Waals surface area contributed by atoms with Crippen LogP contribution in [0.2, 0.25) is 0 Å². The third kappa shape index (κ3) is 3.45. The van der Waals surface area contributed by atoms with Gasteiger partial charge in [0, 0.05) is 18.0 Å². The molecule has 1 heterocycles. The number of benzene rings is 1. The van der Waals surface area contributed by atoms with Gasteiger partial charge in [-0.2, -0.15) is 4.98 Å². The van der Waals surface area contributed by atoms with E-state index in [0.29, 0.717) is 29.2 Å². The molecule has 6 nitrogen and oxygen atoms in total. The second-order valence-electron chi connectivity index (χ2n) is 5.27. The van der Waals surface area contributed by atoms with Crippen molar-refractivity contribution in [2.24, 2.45) is 5.92 Å². The number of hydrogen-bond acceptors (Lipinski definition) is 6. The summed E-state index contributed by atoms with van der Waals surface area (Å²) in [6.07, 6.45) is 1.05. The number of rotatable bonds is 6. The van der Waals surface area contributed by atoms with E-state index >= 15 is 0 Å². The SMILES string of the molecule is COc1cc2nc(NCCC(C)C)nc(N)c2cc1OC. The highest BCUT2D eigenvalue weighted by atomic mass is 16.5. The van der Waals surface area contributed by atoms with E-state index in [1.165, 1.54) is 0 Å². The number of methoxy groups -OCH3 is 2. The summed E-state index contributed by atoms with van der Waals surface area (Å²) in [5, 5.41) is 3.95. The quantitative estimate of drug-likeness (QED) is 0.851. The summed E-state index contributed by atoms with van der Waals surface area (Å²) in [7, 11) is 3.18. The highest BCUT2D eigenvalue weighted by molar-refractivity contribution is 5.91. The van der Waals surface area contributed by atoms with Gasteiger partial charge >= 0.3 is 0 Å². The molecule has 21 heavy (non-hydrogen) atoms. The van der Waals surface area contributed by atoms with E-state index in [-0.39, 0.29) is 0 Å². The molecule has 3 N–H and O–H groups in total. The zero-order valence-corrected chi connectivity index (χ0v) is 12.9. The van der Waals surface area contributed by atoms with Crippen LogP contribution in [0.15, 0.2) is 12.1 Å². The second kappa shape index (κ2) is 6.47. The van der Waals surface area contributed by atoms with Crippen LogP contribution < -0.4 is 20.5 Å². The minimum Gasteiger partial charge on any atom is -0.493 e. The first-order chi connectivity index (χ1) is 10.0. The molecule has 0 radical (unpaired) electrons. The summed E-state index contributed by atoms with van der Waals surface area (Å²) in [5.74, 6) is 2.82. The highest BCUT2D eigenvalue weighted by Gasteiger charge is 2.11. The molecule has 0 atom stereocenters. The van der Waals surface area contributed by atoms with Crippen molar-refractivity contribution in [1.29, 1.82) is 0 Å². The van der Waals surface area contributed by atoms with Crippen molar-refractivity contribution in [3.63, 3.8) is 0 Å². The average Bonchev–Trinajstić information content (AvgIpc) is 2.45. The van der Waals surface area contributed by atoms with Gasteiger partial charge in [0.25, 0.3) is 0 Å². The van der Waals surface area contributed by atoms with Crippen LogP contribution in [0, 0.1) is 5.92 Å². The van der Waals surface area contributed by atoms with Gasteiger partial charge in [0.2, 0.25) is 5.95 Å². The topological polar surface area (TPSA) is 82.3 Å². The molecular weight excluding hydrogens is 268 g/mol. The molecule has 6 heteroatoms. The number of hydrogen-bond donors (Lipinski definition) is 2. The summed E-state index contributed by atoms with van der Waals surface area (Å²) >= 11 is 0. The van der Waals surface area contributed by atoms with Crippen molar-refractivity contribution in [2.75, 3.05) is 31.8 Å². The first kappa shape index (κ1) is 15.2. The van der Waals surface area contributed by atoms with Crippen LogP contribution in [0.25, 0.3) is 10.9 Å². The third-order valence-corrected chi connectivity index (χ3v) is 3.24. The number of nitrogens with zero attached hydrogens (tertiary/aromatic N) is 2. The molecule has 0 spiro atoms. The van der Waals surface area contributed by atoms with E-state index in [1.54, 1.807) is 26.4 Å². The van der Waals surface area contributed by atoms with E-state index in [1.807, 2.05) is 0 Å². The molecule has 2 rings (SSSR count). The highest BCUT2D eigenvalue weighted by Crippen LogP contribution is 2.33. The van der Waals surface area contributed by atoms with Crippen LogP contribution in [0.5, 0.6) is 11.5 Å². The van der Waals surface area contributed by atoms with Gasteiger partial charge in [-0.15, -0.1) is 0 Å². The lowest BCUT2D eigenvalue weighted by Crippen LogP contribution is -2.09. The smallest absolute Gasteiger partial charge is 0.225 e. The van der Waals surface area contributed by atoms with Crippen LogP contribution in [0.4, 0.5) is 11.8 Å². The lowest BCUT2D eigenvalue weighted by molar-refractivity contribution is 0.356. The molecule has 0 fully saturated rings. The number of fused-ring (bicyclic) bond motifs is 1. The van der Waals surface area contributed by atoms with Gasteiger partial charge in [-0.3, -0.25) is 0 Å². The number of aromatic nitrogens is 2. The largest absolute Gasteiger partial charge is 0.493 e. The molecule has 0 unspecified atom stereocenters. The number of nitrogen functional groups attached to an aromatic ring is 1. The van der Waals surface area contributed by atoms with Gasteiger partial charge in [-0.1, -0.05) is 13.8 Å². The fraction of sp³-hybridized carbons (Fsp3) is 0.467. The van der Waals surface area contributed by atoms with E-state index in [0.717, 1.165) is 23.9 Å². The Kier molecular flexibility index (Phi) is 4.67. The monoisotopic (exact) mass is 290 g/mol. The van der Waals surface area contributed by atoms with Gasteiger partial charge in [-0.25, -0.2) is 4.98 Å². The Bertz CT molecular complexity index is 629. The summed E-state index contributed by atoms with van der Waals surface area (Å²) < 4.78 is 10.6. The van der Waals surface area contributed by atoms with Gasteiger partial charge in [-0.05, 0) is 18.4 Å². The maximum absolute atomic E-state index is 6.02. The van der Waals surface area contributed by atoms with Crippen LogP contribution >= 0.6 is 0 Å². The number of ether oxygens (including phenoxy) is 2. The lowest BCUT2D eigenvalue weighted by atomic mass is 10.1. The Morgan fingerprint density at radius 1 is 1.14 bits per heavy atom. The van der Waals surface area contributed by atoms with Crippen molar-refractivity contribution in [3.8, 4) is 11.5 Å². The van der Waals surface area contributed by atoms with Crippen molar-refractivity contribution < 1.29 is 9.47 Å². The maximum atomic E-state index is 6.02.